The van der Waals surface area contributed by atoms with Gasteiger partial charge in [0, 0.05) is 32.3 Å². The Balaban J connectivity index is 2.09. The molecule has 0 fully saturated rings. The first-order chi connectivity index (χ1) is 14.2. The lowest BCUT2D eigenvalue weighted by atomic mass is 10.1. The predicted molar refractivity (Wildman–Crippen MR) is 120 cm³/mol. The summed E-state index contributed by atoms with van der Waals surface area (Å²) in [7, 11) is -2.84. The molecule has 1 unspecified atom stereocenters. The second-order valence-corrected chi connectivity index (χ2v) is 9.64. The largest absolute Gasteiger partial charge is 0.505 e. The summed E-state index contributed by atoms with van der Waals surface area (Å²) in [5.74, 6) is 0. The minimum Gasteiger partial charge on any atom is -0.376 e. The van der Waals surface area contributed by atoms with Crippen LogP contribution in [0.2, 0.25) is 0 Å². The van der Waals surface area contributed by atoms with Crippen LogP contribution < -0.4 is 0 Å². The van der Waals surface area contributed by atoms with E-state index in [2.05, 4.69) is 43.3 Å². The molecule has 0 N–H and O–H groups in total. The van der Waals surface area contributed by atoms with Gasteiger partial charge in [0.05, 0.1) is 12.7 Å². The van der Waals surface area contributed by atoms with Crippen LogP contribution in [0.1, 0.15) is 44.7 Å². The van der Waals surface area contributed by atoms with E-state index < -0.39 is 8.80 Å². The molecule has 0 aromatic heterocycles. The fourth-order valence-corrected chi connectivity index (χ4v) is 5.83. The zero-order chi connectivity index (χ0) is 20.8. The summed E-state index contributed by atoms with van der Waals surface area (Å²) in [6, 6.07) is 21.4. The number of benzene rings is 2. The average molecular weight is 417 g/mol. The molecule has 0 heterocycles. The van der Waals surface area contributed by atoms with Crippen LogP contribution in [0.3, 0.4) is 0 Å². The molecule has 0 bridgehead atoms. The summed E-state index contributed by atoms with van der Waals surface area (Å²) in [5.41, 5.74) is 2.42. The summed E-state index contributed by atoms with van der Waals surface area (Å²) >= 11 is 0. The van der Waals surface area contributed by atoms with Crippen LogP contribution in [-0.4, -0.2) is 41.3 Å². The molecule has 0 aliphatic carbocycles. The molecular weight excluding hydrogens is 380 g/mol. The minimum atomic E-state index is -2.84. The summed E-state index contributed by atoms with van der Waals surface area (Å²) in [5, 5.41) is 0. The highest BCUT2D eigenvalue weighted by Crippen LogP contribution is 2.19. The molecule has 0 saturated carbocycles. The van der Waals surface area contributed by atoms with Crippen LogP contribution in [0.5, 0.6) is 0 Å². The Morgan fingerprint density at radius 3 is 1.90 bits per heavy atom. The van der Waals surface area contributed by atoms with Gasteiger partial charge in [-0.3, -0.25) is 0 Å². The summed E-state index contributed by atoms with van der Waals surface area (Å²) < 4.78 is 24.9. The second kappa shape index (κ2) is 13.7. The Kier molecular flexibility index (Phi) is 11.2. The van der Waals surface area contributed by atoms with Gasteiger partial charge >= 0.3 is 8.80 Å². The third-order valence-electron chi connectivity index (χ3n) is 4.64. The number of hydrogen-bond acceptors (Lipinski definition) is 4. The van der Waals surface area contributed by atoms with E-state index in [1.165, 1.54) is 11.1 Å². The summed E-state index contributed by atoms with van der Waals surface area (Å²) in [4.78, 5) is 0. The van der Waals surface area contributed by atoms with Crippen molar-refractivity contribution in [2.75, 3.05) is 26.4 Å². The Morgan fingerprint density at radius 2 is 1.34 bits per heavy atom. The number of rotatable bonds is 15. The van der Waals surface area contributed by atoms with Crippen molar-refractivity contribution in [3.63, 3.8) is 0 Å². The van der Waals surface area contributed by atoms with Gasteiger partial charge in [0.2, 0.25) is 0 Å². The summed E-state index contributed by atoms with van der Waals surface area (Å²) in [6.45, 7) is 8.51. The van der Waals surface area contributed by atoms with E-state index in [1.54, 1.807) is 0 Å². The quantitative estimate of drug-likeness (QED) is 0.294. The molecule has 0 radical (unpaired) electrons. The molecule has 5 heteroatoms. The molecule has 29 heavy (non-hydrogen) atoms. The van der Waals surface area contributed by atoms with Crippen molar-refractivity contribution in [1.29, 1.82) is 0 Å². The van der Waals surface area contributed by atoms with Crippen molar-refractivity contribution in [2.45, 2.75) is 52.2 Å². The van der Waals surface area contributed by atoms with Gasteiger partial charge in [-0.2, -0.15) is 0 Å². The maximum absolute atomic E-state index is 6.45. The first-order valence-corrected chi connectivity index (χ1v) is 12.8. The fraction of sp³-hybridized carbons (Fsp3) is 0.500. The molecule has 0 aliphatic rings. The first-order valence-electron chi connectivity index (χ1n) is 10.8. The van der Waals surface area contributed by atoms with E-state index in [4.69, 9.17) is 18.0 Å². The van der Waals surface area contributed by atoms with Gasteiger partial charge < -0.3 is 18.0 Å². The number of hydrogen-bond donors (Lipinski definition) is 0. The SMILES string of the molecule is CCCCOC(CO[Si](Cc1ccccc1)(OCC)OCC)Cc1ccccc1. The predicted octanol–water partition coefficient (Wildman–Crippen LogP) is 5.22. The lowest BCUT2D eigenvalue weighted by Crippen LogP contribution is -2.50. The molecule has 0 saturated heterocycles. The molecular formula is C24H36O4Si. The van der Waals surface area contributed by atoms with Gasteiger partial charge in [-0.15, -0.1) is 0 Å². The van der Waals surface area contributed by atoms with Crippen molar-refractivity contribution >= 4 is 8.80 Å². The lowest BCUT2D eigenvalue weighted by molar-refractivity contribution is -0.0141. The van der Waals surface area contributed by atoms with E-state index >= 15 is 0 Å². The topological polar surface area (TPSA) is 36.9 Å². The van der Waals surface area contributed by atoms with Crippen molar-refractivity contribution in [2.24, 2.45) is 0 Å². The normalized spacial score (nSPS) is 12.8. The molecule has 4 nitrogen and oxygen atoms in total. The summed E-state index contributed by atoms with van der Waals surface area (Å²) in [6.07, 6.45) is 2.96. The monoisotopic (exact) mass is 416 g/mol. The Labute approximate surface area is 177 Å². The standard InChI is InChI=1S/C24H36O4Si/c1-4-7-18-25-24(19-22-14-10-8-11-15-22)20-28-29(26-5-2,27-6-3)21-23-16-12-9-13-17-23/h8-17,24H,4-7,18-21H2,1-3H3. The fourth-order valence-electron chi connectivity index (χ4n) is 3.22. The van der Waals surface area contributed by atoms with E-state index in [9.17, 15) is 0 Å². The van der Waals surface area contributed by atoms with Crippen molar-refractivity contribution in [1.82, 2.24) is 0 Å². The maximum Gasteiger partial charge on any atom is 0.505 e. The highest BCUT2D eigenvalue weighted by molar-refractivity contribution is 6.60. The van der Waals surface area contributed by atoms with E-state index in [0.717, 1.165) is 25.9 Å². The maximum atomic E-state index is 6.45. The highest BCUT2D eigenvalue weighted by Gasteiger charge is 2.41. The lowest BCUT2D eigenvalue weighted by Gasteiger charge is -2.31. The number of ether oxygens (including phenoxy) is 1. The third kappa shape index (κ3) is 8.80. The van der Waals surface area contributed by atoms with E-state index in [1.807, 2.05) is 38.1 Å². The van der Waals surface area contributed by atoms with Crippen molar-refractivity contribution < 1.29 is 18.0 Å². The van der Waals surface area contributed by atoms with Gasteiger partial charge in [-0.25, -0.2) is 0 Å². The third-order valence-corrected chi connectivity index (χ3v) is 7.54. The van der Waals surface area contributed by atoms with Gasteiger partial charge in [-0.1, -0.05) is 74.0 Å². The van der Waals surface area contributed by atoms with Crippen molar-refractivity contribution in [3.05, 3.63) is 71.8 Å². The smallest absolute Gasteiger partial charge is 0.376 e. The van der Waals surface area contributed by atoms with Crippen LogP contribution in [0, 0.1) is 0 Å². The highest BCUT2D eigenvalue weighted by atomic mass is 28.4. The average Bonchev–Trinajstić information content (AvgIpc) is 2.74. The van der Waals surface area contributed by atoms with E-state index in [0.29, 0.717) is 25.9 Å². The van der Waals surface area contributed by atoms with Gasteiger partial charge in [0.15, 0.2) is 0 Å². The molecule has 0 amide bonds. The molecule has 0 aliphatic heterocycles. The molecule has 160 valence electrons. The van der Waals surface area contributed by atoms with Gasteiger partial charge in [0.1, 0.15) is 0 Å². The molecule has 1 atom stereocenters. The second-order valence-electron chi connectivity index (χ2n) is 7.06. The molecule has 2 aromatic rings. The Bertz CT molecular complexity index is 644. The van der Waals surface area contributed by atoms with E-state index in [-0.39, 0.29) is 6.10 Å². The first kappa shape index (κ1) is 23.8. The molecule has 2 rings (SSSR count). The molecule has 0 spiro atoms. The minimum absolute atomic E-state index is 0.0208. The van der Waals surface area contributed by atoms with Gasteiger partial charge in [0.25, 0.3) is 0 Å². The van der Waals surface area contributed by atoms with Crippen LogP contribution in [0.4, 0.5) is 0 Å². The van der Waals surface area contributed by atoms with Crippen LogP contribution in [0.15, 0.2) is 60.7 Å². The van der Waals surface area contributed by atoms with Crippen LogP contribution >= 0.6 is 0 Å². The zero-order valence-electron chi connectivity index (χ0n) is 18.1. The van der Waals surface area contributed by atoms with Gasteiger partial charge in [-0.05, 0) is 31.4 Å². The molecule has 2 aromatic carbocycles. The Hall–Kier alpha value is -1.50. The Morgan fingerprint density at radius 1 is 0.759 bits per heavy atom. The number of unbranched alkanes of at least 4 members (excludes halogenated alkanes) is 1. The van der Waals surface area contributed by atoms with Crippen molar-refractivity contribution in [3.8, 4) is 0 Å². The van der Waals surface area contributed by atoms with Crippen LogP contribution in [-0.2, 0) is 30.5 Å². The zero-order valence-corrected chi connectivity index (χ0v) is 19.1. The van der Waals surface area contributed by atoms with Crippen LogP contribution in [0.25, 0.3) is 0 Å².